The van der Waals surface area contributed by atoms with Crippen LogP contribution in [0.4, 0.5) is 5.95 Å². The first kappa shape index (κ1) is 10.1. The molecule has 3 heteroatoms. The summed E-state index contributed by atoms with van der Waals surface area (Å²) in [5.74, 6) is 0.982. The SMILES string of the molecule is Cc1nc(N2CCCC2)nc2c1CCCC2. The normalized spacial score (nSPS) is 19.9. The molecule has 0 spiro atoms. The van der Waals surface area contributed by atoms with Crippen molar-refractivity contribution >= 4 is 5.95 Å². The average molecular weight is 217 g/mol. The summed E-state index contributed by atoms with van der Waals surface area (Å²) < 4.78 is 0. The van der Waals surface area contributed by atoms with Crippen LogP contribution in [0.1, 0.15) is 42.6 Å². The Bertz CT molecular complexity index is 394. The van der Waals surface area contributed by atoms with Gasteiger partial charge in [0, 0.05) is 24.5 Å². The second-order valence-corrected chi connectivity index (χ2v) is 4.94. The maximum atomic E-state index is 4.77. The summed E-state index contributed by atoms with van der Waals surface area (Å²) in [6.07, 6.45) is 7.52. The molecule has 0 atom stereocenters. The predicted molar refractivity (Wildman–Crippen MR) is 64.9 cm³/mol. The van der Waals surface area contributed by atoms with E-state index in [9.17, 15) is 0 Å². The van der Waals surface area contributed by atoms with Crippen LogP contribution < -0.4 is 4.90 Å². The molecule has 1 aliphatic heterocycles. The fourth-order valence-corrected chi connectivity index (χ4v) is 2.82. The molecule has 1 aliphatic carbocycles. The van der Waals surface area contributed by atoms with Crippen molar-refractivity contribution < 1.29 is 0 Å². The van der Waals surface area contributed by atoms with Gasteiger partial charge in [0.15, 0.2) is 0 Å². The van der Waals surface area contributed by atoms with E-state index in [1.54, 1.807) is 0 Å². The number of nitrogens with zero attached hydrogens (tertiary/aromatic N) is 3. The smallest absolute Gasteiger partial charge is 0.225 e. The van der Waals surface area contributed by atoms with Crippen LogP contribution in [0.15, 0.2) is 0 Å². The van der Waals surface area contributed by atoms with Crippen molar-refractivity contribution in [2.75, 3.05) is 18.0 Å². The molecule has 0 aromatic carbocycles. The van der Waals surface area contributed by atoms with Crippen LogP contribution in [0.3, 0.4) is 0 Å². The third-order valence-electron chi connectivity index (χ3n) is 3.77. The topological polar surface area (TPSA) is 29.0 Å². The number of aryl methyl sites for hydroxylation is 2. The highest BCUT2D eigenvalue weighted by Gasteiger charge is 2.20. The van der Waals surface area contributed by atoms with Crippen molar-refractivity contribution in [3.63, 3.8) is 0 Å². The molecule has 3 rings (SSSR count). The molecule has 86 valence electrons. The lowest BCUT2D eigenvalue weighted by molar-refractivity contribution is 0.654. The van der Waals surface area contributed by atoms with Crippen LogP contribution in [0.5, 0.6) is 0 Å². The minimum absolute atomic E-state index is 0.982. The molecule has 0 amide bonds. The monoisotopic (exact) mass is 217 g/mol. The number of anilines is 1. The lowest BCUT2D eigenvalue weighted by Crippen LogP contribution is -2.23. The first-order valence-electron chi connectivity index (χ1n) is 6.46. The fraction of sp³-hybridized carbons (Fsp3) is 0.692. The predicted octanol–water partition coefficient (Wildman–Crippen LogP) is 2.26. The van der Waals surface area contributed by atoms with Gasteiger partial charge in [-0.05, 0) is 51.0 Å². The Morgan fingerprint density at radius 3 is 2.50 bits per heavy atom. The Balaban J connectivity index is 1.97. The third kappa shape index (κ3) is 1.68. The molecule has 2 aliphatic rings. The quantitative estimate of drug-likeness (QED) is 0.722. The van der Waals surface area contributed by atoms with Gasteiger partial charge in [-0.2, -0.15) is 0 Å². The number of aromatic nitrogens is 2. The molecule has 1 aromatic rings. The third-order valence-corrected chi connectivity index (χ3v) is 3.77. The molecular weight excluding hydrogens is 198 g/mol. The molecule has 0 N–H and O–H groups in total. The van der Waals surface area contributed by atoms with Crippen molar-refractivity contribution in [3.05, 3.63) is 17.0 Å². The van der Waals surface area contributed by atoms with E-state index in [0.717, 1.165) is 25.5 Å². The molecule has 16 heavy (non-hydrogen) atoms. The molecule has 1 fully saturated rings. The van der Waals surface area contributed by atoms with Crippen LogP contribution in [-0.4, -0.2) is 23.1 Å². The molecule has 0 bridgehead atoms. The Morgan fingerprint density at radius 2 is 1.69 bits per heavy atom. The standard InChI is InChI=1S/C13H19N3/c1-10-11-6-2-3-7-12(11)15-13(14-10)16-8-4-5-9-16/h2-9H2,1H3. The minimum Gasteiger partial charge on any atom is -0.341 e. The zero-order chi connectivity index (χ0) is 11.0. The van der Waals surface area contributed by atoms with Crippen molar-refractivity contribution in [1.29, 1.82) is 0 Å². The minimum atomic E-state index is 0.982. The van der Waals surface area contributed by atoms with Gasteiger partial charge in [-0.1, -0.05) is 0 Å². The van der Waals surface area contributed by atoms with E-state index in [2.05, 4.69) is 16.8 Å². The lowest BCUT2D eigenvalue weighted by atomic mass is 9.95. The molecule has 2 heterocycles. The Hall–Kier alpha value is -1.12. The second kappa shape index (κ2) is 4.04. The van der Waals surface area contributed by atoms with Crippen LogP contribution in [0.25, 0.3) is 0 Å². The number of hydrogen-bond donors (Lipinski definition) is 0. The van der Waals surface area contributed by atoms with Gasteiger partial charge in [0.1, 0.15) is 0 Å². The molecule has 0 radical (unpaired) electrons. The Labute approximate surface area is 96.9 Å². The van der Waals surface area contributed by atoms with Crippen molar-refractivity contribution in [1.82, 2.24) is 9.97 Å². The summed E-state index contributed by atoms with van der Waals surface area (Å²) in [5, 5.41) is 0. The first-order valence-corrected chi connectivity index (χ1v) is 6.46. The molecule has 3 nitrogen and oxygen atoms in total. The molecule has 1 saturated heterocycles. The maximum absolute atomic E-state index is 4.77. The van der Waals surface area contributed by atoms with E-state index in [1.165, 1.54) is 49.1 Å². The van der Waals surface area contributed by atoms with Crippen LogP contribution >= 0.6 is 0 Å². The van der Waals surface area contributed by atoms with Crippen molar-refractivity contribution in [2.24, 2.45) is 0 Å². The summed E-state index contributed by atoms with van der Waals surface area (Å²) in [7, 11) is 0. The van der Waals surface area contributed by atoms with Crippen LogP contribution in [0.2, 0.25) is 0 Å². The number of rotatable bonds is 1. The molecule has 1 aromatic heterocycles. The summed E-state index contributed by atoms with van der Waals surface area (Å²) in [6, 6.07) is 0. The van der Waals surface area contributed by atoms with E-state index in [-0.39, 0.29) is 0 Å². The fourth-order valence-electron chi connectivity index (χ4n) is 2.82. The summed E-state index contributed by atoms with van der Waals surface area (Å²) >= 11 is 0. The van der Waals surface area contributed by atoms with Crippen molar-refractivity contribution in [3.8, 4) is 0 Å². The average Bonchev–Trinajstić information content (AvgIpc) is 2.82. The van der Waals surface area contributed by atoms with Gasteiger partial charge in [-0.25, -0.2) is 9.97 Å². The van der Waals surface area contributed by atoms with Gasteiger partial charge >= 0.3 is 0 Å². The van der Waals surface area contributed by atoms with E-state index in [4.69, 9.17) is 4.98 Å². The number of fused-ring (bicyclic) bond motifs is 1. The van der Waals surface area contributed by atoms with E-state index in [1.807, 2.05) is 0 Å². The zero-order valence-corrected chi connectivity index (χ0v) is 10.00. The van der Waals surface area contributed by atoms with Gasteiger partial charge in [0.05, 0.1) is 0 Å². The Morgan fingerprint density at radius 1 is 0.938 bits per heavy atom. The van der Waals surface area contributed by atoms with Gasteiger partial charge < -0.3 is 4.90 Å². The largest absolute Gasteiger partial charge is 0.341 e. The highest BCUT2D eigenvalue weighted by molar-refractivity contribution is 5.38. The zero-order valence-electron chi connectivity index (χ0n) is 10.00. The summed E-state index contributed by atoms with van der Waals surface area (Å²) in [4.78, 5) is 11.8. The van der Waals surface area contributed by atoms with Gasteiger partial charge in [-0.15, -0.1) is 0 Å². The lowest BCUT2D eigenvalue weighted by Gasteiger charge is -2.21. The molecule has 0 unspecified atom stereocenters. The van der Waals surface area contributed by atoms with E-state index >= 15 is 0 Å². The van der Waals surface area contributed by atoms with E-state index < -0.39 is 0 Å². The highest BCUT2D eigenvalue weighted by atomic mass is 15.3. The Kier molecular flexibility index (Phi) is 2.54. The highest BCUT2D eigenvalue weighted by Crippen LogP contribution is 2.25. The number of hydrogen-bond acceptors (Lipinski definition) is 3. The summed E-state index contributed by atoms with van der Waals surface area (Å²) in [6.45, 7) is 4.42. The van der Waals surface area contributed by atoms with Crippen LogP contribution in [0, 0.1) is 6.92 Å². The van der Waals surface area contributed by atoms with Gasteiger partial charge in [-0.3, -0.25) is 0 Å². The molecular formula is C13H19N3. The molecule has 0 saturated carbocycles. The van der Waals surface area contributed by atoms with Gasteiger partial charge in [0.25, 0.3) is 0 Å². The van der Waals surface area contributed by atoms with E-state index in [0.29, 0.717) is 0 Å². The van der Waals surface area contributed by atoms with Crippen LogP contribution in [-0.2, 0) is 12.8 Å². The van der Waals surface area contributed by atoms with Crippen molar-refractivity contribution in [2.45, 2.75) is 45.4 Å². The first-order chi connectivity index (χ1) is 7.84. The second-order valence-electron chi connectivity index (χ2n) is 4.94. The maximum Gasteiger partial charge on any atom is 0.225 e. The summed E-state index contributed by atoms with van der Waals surface area (Å²) in [5.41, 5.74) is 3.96. The van der Waals surface area contributed by atoms with Gasteiger partial charge in [0.2, 0.25) is 5.95 Å².